The first-order valence-electron chi connectivity index (χ1n) is 6.91. The summed E-state index contributed by atoms with van der Waals surface area (Å²) < 4.78 is 1.85. The summed E-state index contributed by atoms with van der Waals surface area (Å²) in [4.78, 5) is 8.64. The Kier molecular flexibility index (Phi) is 3.53. The third-order valence-corrected chi connectivity index (χ3v) is 3.61. The fraction of sp³-hybridized carbons (Fsp3) is 0.267. The highest BCUT2D eigenvalue weighted by molar-refractivity contribution is 5.87. The predicted octanol–water partition coefficient (Wildman–Crippen LogP) is 1.80. The Bertz CT molecular complexity index is 777. The lowest BCUT2D eigenvalue weighted by Crippen LogP contribution is -2.14. The molecule has 0 aliphatic rings. The maximum atomic E-state index is 5.53. The number of hydrogen-bond acceptors (Lipinski definition) is 5. The average molecular weight is 282 g/mol. The number of aromatic nitrogens is 4. The molecule has 6 nitrogen and oxygen atoms in total. The zero-order chi connectivity index (χ0) is 14.8. The maximum absolute atomic E-state index is 5.53. The minimum absolute atomic E-state index is 0.552. The molecule has 2 heterocycles. The number of anilines is 1. The van der Waals surface area contributed by atoms with Gasteiger partial charge < -0.3 is 11.1 Å². The average Bonchev–Trinajstić information content (AvgIpc) is 2.92. The van der Waals surface area contributed by atoms with Gasteiger partial charge in [-0.05, 0) is 31.0 Å². The maximum Gasteiger partial charge on any atom is 0.168 e. The van der Waals surface area contributed by atoms with Crippen LogP contribution in [-0.4, -0.2) is 32.8 Å². The summed E-state index contributed by atoms with van der Waals surface area (Å²) in [6, 6.07) is 6.16. The minimum atomic E-state index is 0.552. The van der Waals surface area contributed by atoms with E-state index < -0.39 is 0 Å². The predicted molar refractivity (Wildman–Crippen MR) is 83.7 cm³/mol. The molecule has 0 saturated carbocycles. The van der Waals surface area contributed by atoms with E-state index in [1.54, 1.807) is 12.5 Å². The van der Waals surface area contributed by atoms with Gasteiger partial charge in [-0.25, -0.2) is 14.6 Å². The number of nitrogens with zero attached hydrogens (tertiary/aromatic N) is 4. The van der Waals surface area contributed by atoms with Gasteiger partial charge in [0.2, 0.25) is 0 Å². The summed E-state index contributed by atoms with van der Waals surface area (Å²) in [5.74, 6) is 0.766. The largest absolute Gasteiger partial charge is 0.368 e. The Morgan fingerprint density at radius 1 is 1.24 bits per heavy atom. The van der Waals surface area contributed by atoms with Crippen molar-refractivity contribution in [2.45, 2.75) is 13.8 Å². The third-order valence-electron chi connectivity index (χ3n) is 3.61. The van der Waals surface area contributed by atoms with Crippen LogP contribution in [0.3, 0.4) is 0 Å². The Morgan fingerprint density at radius 2 is 2.10 bits per heavy atom. The highest BCUT2D eigenvalue weighted by Gasteiger charge is 2.12. The van der Waals surface area contributed by atoms with E-state index in [1.807, 2.05) is 16.8 Å². The van der Waals surface area contributed by atoms with Gasteiger partial charge in [0, 0.05) is 13.1 Å². The lowest BCUT2D eigenvalue weighted by atomic mass is 10.1. The van der Waals surface area contributed by atoms with Crippen molar-refractivity contribution in [3.05, 3.63) is 41.9 Å². The zero-order valence-corrected chi connectivity index (χ0v) is 12.2. The van der Waals surface area contributed by atoms with Gasteiger partial charge in [-0.3, -0.25) is 0 Å². The van der Waals surface area contributed by atoms with Crippen LogP contribution in [0.2, 0.25) is 0 Å². The Hall–Kier alpha value is -2.47. The first-order chi connectivity index (χ1) is 10.2. The van der Waals surface area contributed by atoms with Crippen LogP contribution in [0.5, 0.6) is 0 Å². The molecule has 3 rings (SSSR count). The Balaban J connectivity index is 2.15. The molecule has 0 unspecified atom stereocenters. The van der Waals surface area contributed by atoms with Gasteiger partial charge in [0.25, 0.3) is 0 Å². The van der Waals surface area contributed by atoms with Gasteiger partial charge in [0.1, 0.15) is 12.1 Å². The molecular weight excluding hydrogens is 264 g/mol. The summed E-state index contributed by atoms with van der Waals surface area (Å²) in [6.07, 6.45) is 3.33. The van der Waals surface area contributed by atoms with Crippen LogP contribution in [0.1, 0.15) is 11.1 Å². The van der Waals surface area contributed by atoms with Crippen molar-refractivity contribution in [2.75, 3.05) is 18.4 Å². The van der Waals surface area contributed by atoms with Crippen molar-refractivity contribution < 1.29 is 0 Å². The quantitative estimate of drug-likeness (QED) is 0.762. The number of benzene rings is 1. The molecule has 3 N–H and O–H groups in total. The summed E-state index contributed by atoms with van der Waals surface area (Å²) in [5.41, 5.74) is 9.77. The van der Waals surface area contributed by atoms with Gasteiger partial charge in [0.15, 0.2) is 5.65 Å². The third kappa shape index (κ3) is 2.34. The van der Waals surface area contributed by atoms with Gasteiger partial charge in [0.05, 0.1) is 17.3 Å². The van der Waals surface area contributed by atoms with Crippen LogP contribution in [0.25, 0.3) is 16.7 Å². The second-order valence-electron chi connectivity index (χ2n) is 4.95. The molecule has 108 valence electrons. The van der Waals surface area contributed by atoms with E-state index >= 15 is 0 Å². The van der Waals surface area contributed by atoms with Crippen LogP contribution in [0, 0.1) is 13.8 Å². The lowest BCUT2D eigenvalue weighted by molar-refractivity contribution is 0.885. The molecule has 0 atom stereocenters. The zero-order valence-electron chi connectivity index (χ0n) is 12.2. The van der Waals surface area contributed by atoms with Crippen LogP contribution in [0.4, 0.5) is 5.82 Å². The van der Waals surface area contributed by atoms with Crippen molar-refractivity contribution in [2.24, 2.45) is 5.73 Å². The van der Waals surface area contributed by atoms with E-state index in [9.17, 15) is 0 Å². The highest BCUT2D eigenvalue weighted by Crippen LogP contribution is 2.24. The van der Waals surface area contributed by atoms with E-state index in [2.05, 4.69) is 40.3 Å². The number of rotatable bonds is 4. The van der Waals surface area contributed by atoms with Crippen molar-refractivity contribution in [1.82, 2.24) is 19.7 Å². The monoisotopic (exact) mass is 282 g/mol. The van der Waals surface area contributed by atoms with Crippen molar-refractivity contribution in [3.63, 3.8) is 0 Å². The molecule has 0 saturated heterocycles. The van der Waals surface area contributed by atoms with E-state index in [-0.39, 0.29) is 0 Å². The van der Waals surface area contributed by atoms with Crippen LogP contribution in [-0.2, 0) is 0 Å². The molecule has 2 aromatic heterocycles. The van der Waals surface area contributed by atoms with E-state index in [0.29, 0.717) is 13.1 Å². The molecule has 1 aromatic carbocycles. The molecular formula is C15H18N6. The second kappa shape index (κ2) is 5.49. The summed E-state index contributed by atoms with van der Waals surface area (Å²) in [6.45, 7) is 5.40. The molecule has 0 bridgehead atoms. The topological polar surface area (TPSA) is 81.7 Å². The van der Waals surface area contributed by atoms with Crippen molar-refractivity contribution in [1.29, 1.82) is 0 Å². The molecule has 0 aliphatic carbocycles. The molecule has 0 spiro atoms. The Morgan fingerprint density at radius 3 is 2.90 bits per heavy atom. The Labute approximate surface area is 123 Å². The van der Waals surface area contributed by atoms with Crippen LogP contribution >= 0.6 is 0 Å². The van der Waals surface area contributed by atoms with E-state index in [1.165, 1.54) is 11.1 Å². The minimum Gasteiger partial charge on any atom is -0.368 e. The van der Waals surface area contributed by atoms with Crippen molar-refractivity contribution in [3.8, 4) is 5.69 Å². The molecule has 0 fully saturated rings. The molecule has 0 radical (unpaired) electrons. The van der Waals surface area contributed by atoms with Gasteiger partial charge in [-0.2, -0.15) is 5.10 Å². The lowest BCUT2D eigenvalue weighted by Gasteiger charge is -2.09. The smallest absolute Gasteiger partial charge is 0.168 e. The molecule has 6 heteroatoms. The van der Waals surface area contributed by atoms with Gasteiger partial charge in [-0.15, -0.1) is 0 Å². The number of nitrogens with one attached hydrogen (secondary N) is 1. The van der Waals surface area contributed by atoms with Crippen molar-refractivity contribution >= 4 is 16.9 Å². The molecule has 21 heavy (non-hydrogen) atoms. The first kappa shape index (κ1) is 13.5. The highest BCUT2D eigenvalue weighted by atomic mass is 15.3. The fourth-order valence-electron chi connectivity index (χ4n) is 2.32. The summed E-state index contributed by atoms with van der Waals surface area (Å²) >= 11 is 0. The van der Waals surface area contributed by atoms with Crippen LogP contribution < -0.4 is 11.1 Å². The SMILES string of the molecule is Cc1cccc(-n2ncc3c(NCCN)ncnc32)c1C. The van der Waals surface area contributed by atoms with E-state index in [4.69, 9.17) is 5.73 Å². The number of nitrogens with two attached hydrogens (primary N) is 1. The molecule has 3 aromatic rings. The first-order valence-corrected chi connectivity index (χ1v) is 6.91. The molecule has 0 amide bonds. The molecule has 0 aliphatic heterocycles. The van der Waals surface area contributed by atoms with Crippen LogP contribution in [0.15, 0.2) is 30.7 Å². The second-order valence-corrected chi connectivity index (χ2v) is 4.95. The van der Waals surface area contributed by atoms with Gasteiger partial charge >= 0.3 is 0 Å². The fourth-order valence-corrected chi connectivity index (χ4v) is 2.32. The number of hydrogen-bond donors (Lipinski definition) is 2. The van der Waals surface area contributed by atoms with E-state index in [0.717, 1.165) is 22.5 Å². The summed E-state index contributed by atoms with van der Waals surface area (Å²) in [7, 11) is 0. The standard InChI is InChI=1S/C15H18N6/c1-10-4-3-5-13(11(10)2)21-15-12(8-20-21)14(17-7-6-16)18-9-19-15/h3-5,8-9H,6-7,16H2,1-2H3,(H,17,18,19). The number of fused-ring (bicyclic) bond motifs is 1. The summed E-state index contributed by atoms with van der Waals surface area (Å²) in [5, 5.41) is 8.57. The van der Waals surface area contributed by atoms with Gasteiger partial charge in [-0.1, -0.05) is 12.1 Å². The number of aryl methyl sites for hydroxylation is 1. The normalized spacial score (nSPS) is 11.0.